The van der Waals surface area contributed by atoms with Crippen LogP contribution in [0, 0.1) is 0 Å². The monoisotopic (exact) mass is 492 g/mol. The fourth-order valence-corrected chi connectivity index (χ4v) is 5.83. The zero-order chi connectivity index (χ0) is 25.4. The summed E-state index contributed by atoms with van der Waals surface area (Å²) in [7, 11) is 3.18. The van der Waals surface area contributed by atoms with Gasteiger partial charge in [0.05, 0.1) is 26.3 Å². The van der Waals surface area contributed by atoms with Gasteiger partial charge in [0.2, 0.25) is 0 Å². The number of phenols is 1. The predicted molar refractivity (Wildman–Crippen MR) is 135 cm³/mol. The van der Waals surface area contributed by atoms with Crippen molar-refractivity contribution in [1.29, 1.82) is 0 Å². The number of likely N-dealkylation sites (N-methyl/N-ethyl adjacent to an activating group) is 1. The number of ether oxygens (including phenoxy) is 2. The molecule has 9 heteroatoms. The van der Waals surface area contributed by atoms with Crippen LogP contribution in [0.5, 0.6) is 17.2 Å². The minimum atomic E-state index is -0.462. The number of hydrogen-bond acceptors (Lipinski definition) is 5. The lowest BCUT2D eigenvalue weighted by Gasteiger charge is -2.44. The van der Waals surface area contributed by atoms with E-state index in [1.165, 1.54) is 0 Å². The van der Waals surface area contributed by atoms with E-state index in [2.05, 4.69) is 11.4 Å². The lowest BCUT2D eigenvalue weighted by Crippen LogP contribution is -2.55. The first kappa shape index (κ1) is 23.8. The smallest absolute Gasteiger partial charge is 0.325 e. The van der Waals surface area contributed by atoms with E-state index in [9.17, 15) is 14.7 Å². The van der Waals surface area contributed by atoms with E-state index in [0.717, 1.165) is 16.8 Å². The molecule has 0 atom stereocenters. The van der Waals surface area contributed by atoms with Gasteiger partial charge in [-0.25, -0.2) is 9.59 Å². The quantitative estimate of drug-likeness (QED) is 0.668. The number of carbonyl (C=O) groups is 2. The van der Waals surface area contributed by atoms with Gasteiger partial charge in [0.15, 0.2) is 0 Å². The highest BCUT2D eigenvalue weighted by molar-refractivity contribution is 5.90. The molecule has 3 aliphatic heterocycles. The third kappa shape index (κ3) is 3.88. The molecule has 0 aliphatic carbocycles. The fourth-order valence-electron chi connectivity index (χ4n) is 5.83. The molecule has 9 nitrogen and oxygen atoms in total. The highest BCUT2D eigenvalue weighted by Gasteiger charge is 2.54. The number of methoxy groups -OCH3 is 2. The maximum atomic E-state index is 13.6. The largest absolute Gasteiger partial charge is 0.508 e. The molecule has 3 aliphatic rings. The SMILES string of the molecule is CCN1C(=O)N2Cc3cc(O)cc(OC)c3CC=C2C12CCN(C(=O)Nc1cccc(OC)c1)CC2. The number of benzene rings is 2. The summed E-state index contributed by atoms with van der Waals surface area (Å²) >= 11 is 0. The number of likely N-dealkylation sites (tertiary alicyclic amines) is 1. The highest BCUT2D eigenvalue weighted by atomic mass is 16.5. The zero-order valence-corrected chi connectivity index (χ0v) is 20.9. The van der Waals surface area contributed by atoms with Crippen LogP contribution in [0.4, 0.5) is 15.3 Å². The Morgan fingerprint density at radius 3 is 2.61 bits per heavy atom. The van der Waals surface area contributed by atoms with E-state index in [0.29, 0.717) is 62.6 Å². The molecule has 0 unspecified atom stereocenters. The Kier molecular flexibility index (Phi) is 6.15. The minimum absolute atomic E-state index is 0.0341. The Morgan fingerprint density at radius 1 is 1.14 bits per heavy atom. The number of carbonyl (C=O) groups excluding carboxylic acids is 2. The van der Waals surface area contributed by atoms with Crippen LogP contribution < -0.4 is 14.8 Å². The molecule has 36 heavy (non-hydrogen) atoms. The summed E-state index contributed by atoms with van der Waals surface area (Å²) in [5.74, 6) is 1.43. The molecule has 0 saturated carbocycles. The van der Waals surface area contributed by atoms with Gasteiger partial charge in [0.25, 0.3) is 0 Å². The maximum Gasteiger partial charge on any atom is 0.325 e. The van der Waals surface area contributed by atoms with Crippen molar-refractivity contribution in [3.63, 3.8) is 0 Å². The molecular formula is C27H32N4O5. The summed E-state index contributed by atoms with van der Waals surface area (Å²) in [6.07, 6.45) is 4.04. The van der Waals surface area contributed by atoms with Crippen LogP contribution in [0.3, 0.4) is 0 Å². The first-order valence-corrected chi connectivity index (χ1v) is 12.3. The summed E-state index contributed by atoms with van der Waals surface area (Å²) in [6, 6.07) is 10.4. The third-order valence-corrected chi connectivity index (χ3v) is 7.60. The van der Waals surface area contributed by atoms with Crippen molar-refractivity contribution in [2.45, 2.75) is 38.3 Å². The van der Waals surface area contributed by atoms with Crippen LogP contribution >= 0.6 is 0 Å². The molecule has 2 N–H and O–H groups in total. The van der Waals surface area contributed by atoms with Gasteiger partial charge in [-0.15, -0.1) is 0 Å². The van der Waals surface area contributed by atoms with Crippen LogP contribution in [-0.4, -0.2) is 71.3 Å². The van der Waals surface area contributed by atoms with Crippen molar-refractivity contribution in [3.8, 4) is 17.2 Å². The zero-order valence-electron chi connectivity index (χ0n) is 20.9. The van der Waals surface area contributed by atoms with Gasteiger partial charge in [0.1, 0.15) is 17.2 Å². The van der Waals surface area contributed by atoms with Gasteiger partial charge in [-0.2, -0.15) is 0 Å². The predicted octanol–water partition coefficient (Wildman–Crippen LogP) is 4.17. The molecule has 0 radical (unpaired) electrons. The first-order valence-electron chi connectivity index (χ1n) is 12.3. The number of phenolic OH excluding ortho intramolecular Hbond substituents is 1. The number of urea groups is 2. The molecule has 2 aromatic carbocycles. The van der Waals surface area contributed by atoms with Crippen molar-refractivity contribution in [3.05, 3.63) is 59.3 Å². The Morgan fingerprint density at radius 2 is 1.92 bits per heavy atom. The van der Waals surface area contributed by atoms with Crippen LogP contribution in [0.2, 0.25) is 0 Å². The van der Waals surface area contributed by atoms with Gasteiger partial charge >= 0.3 is 12.1 Å². The van der Waals surface area contributed by atoms with Crippen molar-refractivity contribution in [2.75, 3.05) is 39.2 Å². The van der Waals surface area contributed by atoms with E-state index in [-0.39, 0.29) is 17.8 Å². The maximum absolute atomic E-state index is 13.6. The lowest BCUT2D eigenvalue weighted by atomic mass is 9.83. The van der Waals surface area contributed by atoms with Crippen molar-refractivity contribution in [2.24, 2.45) is 0 Å². The molecule has 5 rings (SSSR count). The highest BCUT2D eigenvalue weighted by Crippen LogP contribution is 2.46. The van der Waals surface area contributed by atoms with Crippen molar-refractivity contribution in [1.82, 2.24) is 14.7 Å². The third-order valence-electron chi connectivity index (χ3n) is 7.60. The second-order valence-corrected chi connectivity index (χ2v) is 9.37. The number of amides is 4. The van der Waals surface area contributed by atoms with Crippen LogP contribution in [0.1, 0.15) is 30.9 Å². The Balaban J connectivity index is 1.38. The lowest BCUT2D eigenvalue weighted by molar-refractivity contribution is 0.106. The Bertz CT molecular complexity index is 1220. The molecule has 4 amide bonds. The van der Waals surface area contributed by atoms with E-state index in [4.69, 9.17) is 9.47 Å². The van der Waals surface area contributed by atoms with Gasteiger partial charge in [-0.3, -0.25) is 4.90 Å². The molecule has 1 spiro atoms. The van der Waals surface area contributed by atoms with Crippen LogP contribution in [0.25, 0.3) is 0 Å². The Labute approximate surface area is 210 Å². The van der Waals surface area contributed by atoms with Gasteiger partial charge < -0.3 is 29.7 Å². The van der Waals surface area contributed by atoms with Crippen molar-refractivity contribution >= 4 is 17.7 Å². The van der Waals surface area contributed by atoms with Crippen LogP contribution in [-0.2, 0) is 13.0 Å². The second-order valence-electron chi connectivity index (χ2n) is 9.37. The van der Waals surface area contributed by atoms with Gasteiger partial charge in [-0.1, -0.05) is 12.1 Å². The fraction of sp³-hybridized carbons (Fsp3) is 0.407. The summed E-state index contributed by atoms with van der Waals surface area (Å²) in [5.41, 5.74) is 3.07. The van der Waals surface area contributed by atoms with E-state index in [1.807, 2.05) is 34.9 Å². The average Bonchev–Trinajstić information content (AvgIpc) is 3.00. The molecule has 2 saturated heterocycles. The topological polar surface area (TPSA) is 94.6 Å². The second kappa shape index (κ2) is 9.29. The molecule has 190 valence electrons. The number of nitrogens with zero attached hydrogens (tertiary/aromatic N) is 3. The number of hydrogen-bond donors (Lipinski definition) is 2. The van der Waals surface area contributed by atoms with E-state index >= 15 is 0 Å². The summed E-state index contributed by atoms with van der Waals surface area (Å²) < 4.78 is 10.8. The number of anilines is 1. The number of aromatic hydroxyl groups is 1. The standard InChI is InChI=1S/C27H32N4O5/c1-4-31-26(34)30-17-18-14-20(32)16-23(36-3)22(18)8-9-24(30)27(31)10-12-29(13-11-27)25(33)28-19-6-5-7-21(15-19)35-2/h5-7,9,14-16,32H,4,8,10-13,17H2,1-3H3,(H,28,33). The first-order chi connectivity index (χ1) is 17.4. The molecule has 0 bridgehead atoms. The number of rotatable bonds is 4. The Hall–Kier alpha value is -3.88. The van der Waals surface area contributed by atoms with Crippen molar-refractivity contribution < 1.29 is 24.2 Å². The summed E-state index contributed by atoms with van der Waals surface area (Å²) in [4.78, 5) is 32.2. The normalized spacial score (nSPS) is 18.4. The van der Waals surface area contributed by atoms with Crippen LogP contribution in [0.15, 0.2) is 48.2 Å². The average molecular weight is 493 g/mol. The molecule has 3 heterocycles. The van der Waals surface area contributed by atoms with Gasteiger partial charge in [-0.05, 0) is 49.9 Å². The minimum Gasteiger partial charge on any atom is -0.508 e. The number of piperidine rings is 1. The molecule has 2 aromatic rings. The number of allylic oxidation sites excluding steroid dienone is 1. The molecule has 2 fully saturated rings. The van der Waals surface area contributed by atoms with Gasteiger partial charge in [0, 0.05) is 48.7 Å². The summed E-state index contributed by atoms with van der Waals surface area (Å²) in [5, 5.41) is 13.2. The molecular weight excluding hydrogens is 460 g/mol. The summed E-state index contributed by atoms with van der Waals surface area (Å²) in [6.45, 7) is 4.02. The van der Waals surface area contributed by atoms with E-state index < -0.39 is 5.54 Å². The molecule has 0 aromatic heterocycles. The number of fused-ring (bicyclic) bond motifs is 3. The van der Waals surface area contributed by atoms with E-state index in [1.54, 1.807) is 37.3 Å². The number of nitrogens with one attached hydrogen (secondary N) is 1.